The highest BCUT2D eigenvalue weighted by Crippen LogP contribution is 2.37. The number of amides is 1. The molecular weight excluding hydrogens is 454 g/mol. The number of methoxy groups -OCH3 is 1. The lowest BCUT2D eigenvalue weighted by Crippen LogP contribution is -2.17. The number of nitro benzene ring substituents is 1. The van der Waals surface area contributed by atoms with Crippen molar-refractivity contribution in [1.82, 2.24) is 9.78 Å². The third kappa shape index (κ3) is 5.12. The number of hydrogen-bond acceptors (Lipinski definition) is 9. The first kappa shape index (κ1) is 23.3. The van der Waals surface area contributed by atoms with Crippen molar-refractivity contribution in [2.24, 2.45) is 10.2 Å². The lowest BCUT2D eigenvalue weighted by Gasteiger charge is -2.08. The molecule has 0 spiro atoms. The van der Waals surface area contributed by atoms with E-state index < -0.39 is 10.8 Å². The first-order chi connectivity index (χ1) is 15.7. The number of rotatable bonds is 7. The van der Waals surface area contributed by atoms with Crippen molar-refractivity contribution in [2.45, 2.75) is 6.92 Å². The van der Waals surface area contributed by atoms with Gasteiger partial charge in [0.15, 0.2) is 5.75 Å². The Hall–Kier alpha value is -4.34. The first-order valence-corrected chi connectivity index (χ1v) is 9.60. The molecule has 0 radical (unpaired) electrons. The Morgan fingerprint density at radius 2 is 2.06 bits per heavy atom. The van der Waals surface area contributed by atoms with E-state index in [0.717, 1.165) is 0 Å². The average molecular weight is 470 g/mol. The van der Waals surface area contributed by atoms with E-state index >= 15 is 0 Å². The van der Waals surface area contributed by atoms with E-state index in [4.69, 9.17) is 16.3 Å². The number of aromatic hydroxyl groups is 1. The number of ether oxygens (including phenoxy) is 1. The number of hydrogen-bond donors (Lipinski definition) is 2. The van der Waals surface area contributed by atoms with Crippen LogP contribution >= 0.6 is 11.6 Å². The van der Waals surface area contributed by atoms with Gasteiger partial charge < -0.3 is 15.2 Å². The number of carbonyl (C=O) groups excluding carboxylic acids is 1. The van der Waals surface area contributed by atoms with Gasteiger partial charge in [-0.15, -0.1) is 15.3 Å². The summed E-state index contributed by atoms with van der Waals surface area (Å²) >= 11 is 6.01. The van der Waals surface area contributed by atoms with E-state index in [9.17, 15) is 25.3 Å². The second kappa shape index (κ2) is 9.86. The SMILES string of the molecule is COCC(=O)Nc1cc(N=Nc2nn(-c3ccc([N+](=O)[O-])cc3)c(C)c2C#N)cc(Cl)c1O. The fourth-order valence-corrected chi connectivity index (χ4v) is 3.03. The Morgan fingerprint density at radius 3 is 2.67 bits per heavy atom. The highest BCUT2D eigenvalue weighted by molar-refractivity contribution is 6.33. The van der Waals surface area contributed by atoms with Gasteiger partial charge in [0.1, 0.15) is 18.2 Å². The number of phenolic OH excluding ortho intramolecular Hbond substituents is 1. The van der Waals surface area contributed by atoms with Crippen LogP contribution < -0.4 is 5.32 Å². The fraction of sp³-hybridized carbons (Fsp3) is 0.150. The minimum Gasteiger partial charge on any atom is -0.504 e. The zero-order valence-corrected chi connectivity index (χ0v) is 18.1. The van der Waals surface area contributed by atoms with E-state index in [1.54, 1.807) is 6.92 Å². The summed E-state index contributed by atoms with van der Waals surface area (Å²) in [4.78, 5) is 22.1. The largest absolute Gasteiger partial charge is 0.504 e. The number of non-ortho nitro benzene ring substituents is 1. The van der Waals surface area contributed by atoms with E-state index in [1.807, 2.05) is 6.07 Å². The molecule has 0 bridgehead atoms. The fourth-order valence-electron chi connectivity index (χ4n) is 2.82. The maximum absolute atomic E-state index is 11.8. The molecule has 33 heavy (non-hydrogen) atoms. The number of aromatic nitrogens is 2. The topological polar surface area (TPSA) is 168 Å². The number of nitrogens with one attached hydrogen (secondary N) is 1. The molecule has 0 aliphatic carbocycles. The summed E-state index contributed by atoms with van der Waals surface area (Å²) in [6, 6.07) is 10.3. The molecule has 1 aromatic heterocycles. The van der Waals surface area contributed by atoms with E-state index in [0.29, 0.717) is 11.4 Å². The lowest BCUT2D eigenvalue weighted by molar-refractivity contribution is -0.384. The normalized spacial score (nSPS) is 10.8. The maximum Gasteiger partial charge on any atom is 0.269 e. The van der Waals surface area contributed by atoms with Crippen LogP contribution in [-0.2, 0) is 9.53 Å². The number of azo groups is 1. The molecule has 3 rings (SSSR count). The Labute approximate surface area is 191 Å². The highest BCUT2D eigenvalue weighted by atomic mass is 35.5. The third-order valence-electron chi connectivity index (χ3n) is 4.37. The number of carbonyl (C=O) groups is 1. The molecule has 1 heterocycles. The quantitative estimate of drug-likeness (QED) is 0.224. The van der Waals surface area contributed by atoms with Crippen molar-refractivity contribution in [3.8, 4) is 17.5 Å². The van der Waals surface area contributed by atoms with Crippen LogP contribution in [0.1, 0.15) is 11.3 Å². The van der Waals surface area contributed by atoms with Crippen molar-refractivity contribution < 1.29 is 19.6 Å². The molecule has 2 N–H and O–H groups in total. The van der Waals surface area contributed by atoms with Crippen molar-refractivity contribution >= 4 is 40.4 Å². The van der Waals surface area contributed by atoms with Crippen molar-refractivity contribution in [2.75, 3.05) is 19.0 Å². The van der Waals surface area contributed by atoms with Gasteiger partial charge in [0, 0.05) is 19.2 Å². The zero-order chi connectivity index (χ0) is 24.1. The third-order valence-corrected chi connectivity index (χ3v) is 4.66. The number of nitrogens with zero attached hydrogens (tertiary/aromatic N) is 6. The van der Waals surface area contributed by atoms with Crippen LogP contribution in [-0.4, -0.2) is 39.4 Å². The summed E-state index contributed by atoms with van der Waals surface area (Å²) in [5.41, 5.74) is 1.20. The summed E-state index contributed by atoms with van der Waals surface area (Å²) in [6.45, 7) is 1.42. The number of anilines is 1. The van der Waals surface area contributed by atoms with Gasteiger partial charge in [-0.05, 0) is 31.2 Å². The Morgan fingerprint density at radius 1 is 1.36 bits per heavy atom. The predicted molar refractivity (Wildman–Crippen MR) is 117 cm³/mol. The molecule has 0 saturated carbocycles. The van der Waals surface area contributed by atoms with E-state index in [1.165, 1.54) is 48.2 Å². The van der Waals surface area contributed by atoms with Gasteiger partial charge >= 0.3 is 0 Å². The molecule has 0 fully saturated rings. The molecule has 0 unspecified atom stereocenters. The van der Waals surface area contributed by atoms with Gasteiger partial charge in [0.2, 0.25) is 11.7 Å². The molecule has 13 heteroatoms. The van der Waals surface area contributed by atoms with Crippen molar-refractivity contribution in [3.63, 3.8) is 0 Å². The highest BCUT2D eigenvalue weighted by Gasteiger charge is 2.17. The Kier molecular flexibility index (Phi) is 6.97. The minimum atomic E-state index is -0.519. The van der Waals surface area contributed by atoms with Crippen LogP contribution in [0.15, 0.2) is 46.6 Å². The number of halogens is 1. The van der Waals surface area contributed by atoms with Gasteiger partial charge in [0.25, 0.3) is 5.69 Å². The molecule has 0 aliphatic rings. The number of nitriles is 1. The van der Waals surface area contributed by atoms with Crippen molar-refractivity contribution in [1.29, 1.82) is 5.26 Å². The molecule has 12 nitrogen and oxygen atoms in total. The molecule has 0 saturated heterocycles. The smallest absolute Gasteiger partial charge is 0.269 e. The van der Waals surface area contributed by atoms with Gasteiger partial charge in [-0.25, -0.2) is 4.68 Å². The average Bonchev–Trinajstić information content (AvgIpc) is 3.11. The second-order valence-electron chi connectivity index (χ2n) is 6.59. The van der Waals surface area contributed by atoms with Crippen LogP contribution in [0.2, 0.25) is 5.02 Å². The summed E-state index contributed by atoms with van der Waals surface area (Å²) < 4.78 is 6.15. The van der Waals surface area contributed by atoms with Crippen LogP contribution in [0.4, 0.5) is 22.9 Å². The molecule has 1 amide bonds. The zero-order valence-electron chi connectivity index (χ0n) is 17.3. The van der Waals surface area contributed by atoms with Gasteiger partial charge in [-0.1, -0.05) is 11.6 Å². The summed E-state index contributed by atoms with van der Waals surface area (Å²) in [5.74, 6) is -0.860. The number of nitro groups is 1. The Balaban J connectivity index is 1.95. The Bertz CT molecular complexity index is 1300. The molecule has 0 atom stereocenters. The standard InChI is InChI=1S/C20H16ClN7O5/c1-11-15(9-22)20(26-27(11)13-3-5-14(6-4-13)28(31)32)25-24-12-7-16(21)19(30)17(8-12)23-18(29)10-33-2/h3-8,30H,10H2,1-2H3,(H,23,29). The number of benzene rings is 2. The minimum absolute atomic E-state index is 0.00233. The molecule has 3 aromatic rings. The van der Waals surface area contributed by atoms with Gasteiger partial charge in [-0.2, -0.15) is 5.26 Å². The summed E-state index contributed by atoms with van der Waals surface area (Å²) in [5, 5.41) is 45.1. The number of phenols is 1. The predicted octanol–water partition coefficient (Wildman–Crippen LogP) is 4.32. The molecule has 168 valence electrons. The molecule has 2 aromatic carbocycles. The van der Waals surface area contributed by atoms with Gasteiger partial charge in [-0.3, -0.25) is 14.9 Å². The van der Waals surface area contributed by atoms with E-state index in [2.05, 4.69) is 20.6 Å². The molecule has 0 aliphatic heterocycles. The van der Waals surface area contributed by atoms with E-state index in [-0.39, 0.29) is 45.8 Å². The van der Waals surface area contributed by atoms with Crippen LogP contribution in [0.5, 0.6) is 5.75 Å². The molecular formula is C20H16ClN7O5. The monoisotopic (exact) mass is 469 g/mol. The van der Waals surface area contributed by atoms with Crippen LogP contribution in [0, 0.1) is 28.4 Å². The summed E-state index contributed by atoms with van der Waals surface area (Å²) in [7, 11) is 1.35. The first-order valence-electron chi connectivity index (χ1n) is 9.22. The maximum atomic E-state index is 11.8. The van der Waals surface area contributed by atoms with Gasteiger partial charge in [0.05, 0.1) is 32.7 Å². The van der Waals surface area contributed by atoms with Crippen LogP contribution in [0.3, 0.4) is 0 Å². The van der Waals surface area contributed by atoms with Crippen molar-refractivity contribution in [3.05, 3.63) is 62.8 Å². The second-order valence-corrected chi connectivity index (χ2v) is 6.99. The van der Waals surface area contributed by atoms with Crippen LogP contribution in [0.25, 0.3) is 5.69 Å². The lowest BCUT2D eigenvalue weighted by atomic mass is 10.2. The summed E-state index contributed by atoms with van der Waals surface area (Å²) in [6.07, 6.45) is 0.